The van der Waals surface area contributed by atoms with Gasteiger partial charge in [-0.1, -0.05) is 11.6 Å². The van der Waals surface area contributed by atoms with Crippen LogP contribution in [-0.2, 0) is 0 Å². The van der Waals surface area contributed by atoms with Crippen LogP contribution in [0.3, 0.4) is 0 Å². The van der Waals surface area contributed by atoms with E-state index in [0.717, 1.165) is 22.3 Å². The third-order valence-corrected chi connectivity index (χ3v) is 3.32. The Labute approximate surface area is 83.2 Å². The van der Waals surface area contributed by atoms with Crippen molar-refractivity contribution in [3.05, 3.63) is 22.2 Å². The average Bonchev–Trinajstić information content (AvgIpc) is 2.58. The lowest BCUT2D eigenvalue weighted by atomic mass is 10.4. The fourth-order valence-electron chi connectivity index (χ4n) is 0.886. The lowest BCUT2D eigenvalue weighted by Gasteiger charge is -1.87. The van der Waals surface area contributed by atoms with Crippen molar-refractivity contribution < 1.29 is 0 Å². The van der Waals surface area contributed by atoms with E-state index in [1.165, 1.54) is 4.88 Å². The van der Waals surface area contributed by atoms with Gasteiger partial charge in [-0.05, 0) is 19.1 Å². The highest BCUT2D eigenvalue weighted by Gasteiger charge is 2.09. The fraction of sp³-hybridized carbons (Fsp3) is 0.143. The summed E-state index contributed by atoms with van der Waals surface area (Å²) in [6.45, 7) is 2.06. The number of hydrogen-bond acceptors (Lipinski definition) is 4. The highest BCUT2D eigenvalue weighted by atomic mass is 35.5. The molecular weight excluding hydrogens is 212 g/mol. The molecule has 0 aromatic carbocycles. The van der Waals surface area contributed by atoms with Crippen molar-refractivity contribution >= 4 is 34.7 Å². The molecule has 0 fully saturated rings. The minimum Gasteiger partial charge on any atom is -0.170 e. The lowest BCUT2D eigenvalue weighted by Crippen LogP contribution is -1.69. The molecule has 2 nitrogen and oxygen atoms in total. The van der Waals surface area contributed by atoms with Crippen molar-refractivity contribution in [1.29, 1.82) is 0 Å². The molecule has 2 aromatic rings. The van der Waals surface area contributed by atoms with E-state index in [1.54, 1.807) is 11.3 Å². The molecule has 12 heavy (non-hydrogen) atoms. The van der Waals surface area contributed by atoms with Gasteiger partial charge in [-0.2, -0.15) is 8.75 Å². The molecule has 0 aliphatic carbocycles. The van der Waals surface area contributed by atoms with Gasteiger partial charge in [0.05, 0.1) is 16.6 Å². The van der Waals surface area contributed by atoms with Gasteiger partial charge in [-0.3, -0.25) is 0 Å². The van der Waals surface area contributed by atoms with Crippen molar-refractivity contribution in [3.8, 4) is 10.6 Å². The molecule has 2 aromatic heterocycles. The molecule has 0 aliphatic rings. The van der Waals surface area contributed by atoms with Crippen LogP contribution in [0.25, 0.3) is 10.6 Å². The van der Waals surface area contributed by atoms with Crippen molar-refractivity contribution in [3.63, 3.8) is 0 Å². The van der Waals surface area contributed by atoms with Crippen LogP contribution >= 0.6 is 34.7 Å². The summed E-state index contributed by atoms with van der Waals surface area (Å²) in [5.74, 6) is 0. The summed E-state index contributed by atoms with van der Waals surface area (Å²) < 4.78 is 8.01. The Morgan fingerprint density at radius 1 is 1.33 bits per heavy atom. The third kappa shape index (κ3) is 1.37. The van der Waals surface area contributed by atoms with E-state index < -0.39 is 0 Å². The highest BCUT2D eigenvalue weighted by molar-refractivity contribution is 7.15. The summed E-state index contributed by atoms with van der Waals surface area (Å²) in [5, 5.41) is 0.502. The number of aromatic nitrogens is 2. The normalized spacial score (nSPS) is 10.5. The van der Waals surface area contributed by atoms with Gasteiger partial charge < -0.3 is 0 Å². The van der Waals surface area contributed by atoms with Gasteiger partial charge in [-0.25, -0.2) is 0 Å². The van der Waals surface area contributed by atoms with Crippen molar-refractivity contribution in [2.75, 3.05) is 0 Å². The Balaban J connectivity index is 2.50. The van der Waals surface area contributed by atoms with E-state index in [4.69, 9.17) is 11.6 Å². The van der Waals surface area contributed by atoms with E-state index in [-0.39, 0.29) is 0 Å². The predicted molar refractivity (Wildman–Crippen MR) is 53.0 cm³/mol. The molecule has 0 aliphatic heterocycles. The smallest absolute Gasteiger partial charge is 0.170 e. The Hall–Kier alpha value is -0.450. The first-order valence-electron chi connectivity index (χ1n) is 3.32. The van der Waals surface area contributed by atoms with Crippen LogP contribution in [0.1, 0.15) is 4.88 Å². The van der Waals surface area contributed by atoms with Crippen LogP contribution in [-0.4, -0.2) is 8.75 Å². The first-order chi connectivity index (χ1) is 5.77. The van der Waals surface area contributed by atoms with Gasteiger partial charge in [0.15, 0.2) is 5.15 Å². The summed E-state index contributed by atoms with van der Waals surface area (Å²) in [5.41, 5.74) is 0.805. The zero-order valence-electron chi connectivity index (χ0n) is 6.24. The minimum atomic E-state index is 0.502. The SMILES string of the molecule is Cc1ccc(-c2nsnc2Cl)s1. The average molecular weight is 217 g/mol. The number of nitrogens with zero attached hydrogens (tertiary/aromatic N) is 2. The maximum Gasteiger partial charge on any atom is 0.171 e. The monoisotopic (exact) mass is 216 g/mol. The molecule has 0 saturated heterocycles. The molecule has 0 radical (unpaired) electrons. The summed E-state index contributed by atoms with van der Waals surface area (Å²) in [7, 11) is 0. The topological polar surface area (TPSA) is 25.8 Å². The second-order valence-electron chi connectivity index (χ2n) is 2.31. The van der Waals surface area contributed by atoms with Gasteiger partial charge in [0, 0.05) is 4.88 Å². The molecule has 0 amide bonds. The number of hydrogen-bond donors (Lipinski definition) is 0. The van der Waals surface area contributed by atoms with E-state index >= 15 is 0 Å². The summed E-state index contributed by atoms with van der Waals surface area (Å²) in [6, 6.07) is 4.07. The molecule has 0 unspecified atom stereocenters. The fourth-order valence-corrected chi connectivity index (χ4v) is 2.61. The van der Waals surface area contributed by atoms with Crippen LogP contribution in [0.15, 0.2) is 12.1 Å². The maximum absolute atomic E-state index is 5.83. The second kappa shape index (κ2) is 3.12. The molecule has 0 atom stereocenters. The minimum absolute atomic E-state index is 0.502. The van der Waals surface area contributed by atoms with Gasteiger partial charge in [-0.15, -0.1) is 11.3 Å². The van der Waals surface area contributed by atoms with Crippen LogP contribution < -0.4 is 0 Å². The Morgan fingerprint density at radius 3 is 2.67 bits per heavy atom. The molecule has 5 heteroatoms. The summed E-state index contributed by atoms with van der Waals surface area (Å²) >= 11 is 8.65. The number of thiophene rings is 1. The number of rotatable bonds is 1. The van der Waals surface area contributed by atoms with E-state index in [9.17, 15) is 0 Å². The Bertz CT molecular complexity index is 394. The Morgan fingerprint density at radius 2 is 2.17 bits per heavy atom. The molecule has 62 valence electrons. The number of halogens is 1. The molecule has 0 saturated carbocycles. The first-order valence-corrected chi connectivity index (χ1v) is 5.25. The zero-order valence-corrected chi connectivity index (χ0v) is 8.63. The molecule has 0 N–H and O–H groups in total. The van der Waals surface area contributed by atoms with Crippen LogP contribution in [0.2, 0.25) is 5.15 Å². The van der Waals surface area contributed by atoms with Crippen LogP contribution in [0.5, 0.6) is 0 Å². The molecular formula is C7H5ClN2S2. The Kier molecular flexibility index (Phi) is 2.12. The van der Waals surface area contributed by atoms with E-state index in [2.05, 4.69) is 21.7 Å². The molecule has 0 spiro atoms. The van der Waals surface area contributed by atoms with E-state index in [1.807, 2.05) is 6.07 Å². The second-order valence-corrected chi connectivity index (χ2v) is 4.49. The van der Waals surface area contributed by atoms with Crippen molar-refractivity contribution in [1.82, 2.24) is 8.75 Å². The summed E-state index contributed by atoms with van der Waals surface area (Å²) in [4.78, 5) is 2.35. The van der Waals surface area contributed by atoms with Gasteiger partial charge >= 0.3 is 0 Å². The van der Waals surface area contributed by atoms with E-state index in [0.29, 0.717) is 5.15 Å². The third-order valence-electron chi connectivity index (χ3n) is 1.42. The van der Waals surface area contributed by atoms with Gasteiger partial charge in [0.25, 0.3) is 0 Å². The molecule has 2 rings (SSSR count). The molecule has 0 bridgehead atoms. The lowest BCUT2D eigenvalue weighted by molar-refractivity contribution is 1.53. The quantitative estimate of drug-likeness (QED) is 0.732. The van der Waals surface area contributed by atoms with Crippen LogP contribution in [0.4, 0.5) is 0 Å². The highest BCUT2D eigenvalue weighted by Crippen LogP contribution is 2.31. The predicted octanol–water partition coefficient (Wildman–Crippen LogP) is 3.23. The van der Waals surface area contributed by atoms with Gasteiger partial charge in [0.1, 0.15) is 5.69 Å². The maximum atomic E-state index is 5.83. The van der Waals surface area contributed by atoms with Gasteiger partial charge in [0.2, 0.25) is 0 Å². The van der Waals surface area contributed by atoms with Crippen LogP contribution in [0, 0.1) is 6.92 Å². The number of aryl methyl sites for hydroxylation is 1. The first kappa shape index (κ1) is 8.16. The largest absolute Gasteiger partial charge is 0.171 e. The molecule has 2 heterocycles. The van der Waals surface area contributed by atoms with Crippen molar-refractivity contribution in [2.24, 2.45) is 0 Å². The summed E-state index contributed by atoms with van der Waals surface area (Å²) in [6.07, 6.45) is 0. The standard InChI is InChI=1S/C7H5ClN2S2/c1-4-2-3-5(11-4)6-7(8)10-12-9-6/h2-3H,1H3. The zero-order chi connectivity index (χ0) is 8.55. The van der Waals surface area contributed by atoms with Crippen molar-refractivity contribution in [2.45, 2.75) is 6.92 Å².